The van der Waals surface area contributed by atoms with Gasteiger partial charge in [-0.1, -0.05) is 51.6 Å². The van der Waals surface area contributed by atoms with Gasteiger partial charge < -0.3 is 31.2 Å². The molecule has 5 N–H and O–H groups in total. The number of hydrogen-bond donors (Lipinski definition) is 3. The van der Waals surface area contributed by atoms with Crippen molar-refractivity contribution in [2.24, 2.45) is 11.5 Å². The number of primary amides is 1. The van der Waals surface area contributed by atoms with Crippen LogP contribution in [-0.2, 0) is 32.3 Å². The van der Waals surface area contributed by atoms with Gasteiger partial charge >= 0.3 is 6.09 Å². The van der Waals surface area contributed by atoms with Crippen molar-refractivity contribution in [2.45, 2.75) is 65.8 Å². The first-order chi connectivity index (χ1) is 18.4. The van der Waals surface area contributed by atoms with Gasteiger partial charge in [-0.25, -0.2) is 4.79 Å². The quantitative estimate of drug-likeness (QED) is 0.307. The summed E-state index contributed by atoms with van der Waals surface area (Å²) >= 11 is 0. The van der Waals surface area contributed by atoms with Crippen LogP contribution in [0.15, 0.2) is 42.5 Å². The molecule has 3 aromatic rings. The number of pyridine rings is 1. The van der Waals surface area contributed by atoms with E-state index in [2.05, 4.69) is 35.4 Å². The van der Waals surface area contributed by atoms with Crippen LogP contribution in [0.5, 0.6) is 0 Å². The molecule has 0 fully saturated rings. The van der Waals surface area contributed by atoms with Crippen molar-refractivity contribution in [3.05, 3.63) is 65.1 Å². The Bertz CT molecular complexity index is 1320. The maximum Gasteiger partial charge on any atom is 0.410 e. The number of amides is 3. The summed E-state index contributed by atoms with van der Waals surface area (Å²) in [5.74, 6) is -0.342. The molecule has 218 valence electrons. The van der Waals surface area contributed by atoms with Gasteiger partial charge in [-0.15, -0.1) is 10.2 Å². The molecule has 1 aromatic carbocycles. The second kappa shape index (κ2) is 13.9. The van der Waals surface area contributed by atoms with Crippen LogP contribution >= 0.6 is 0 Å². The molecule has 0 unspecified atom stereocenters. The SMILES string of the molecule is C.CC(C)c1ccccc1COC[C@@H](NC(=O)C(C)(C)N)c1nnc2cccc(COC(=O)N(C)CC(N)=O)n12. The van der Waals surface area contributed by atoms with Crippen molar-refractivity contribution >= 4 is 23.6 Å². The monoisotopic (exact) mass is 555 g/mol. The number of aromatic nitrogens is 3. The molecule has 1 atom stereocenters. The Morgan fingerprint density at radius 1 is 1.07 bits per heavy atom. The lowest BCUT2D eigenvalue weighted by Gasteiger charge is -2.24. The predicted molar refractivity (Wildman–Crippen MR) is 151 cm³/mol. The van der Waals surface area contributed by atoms with Gasteiger partial charge in [0.05, 0.1) is 24.4 Å². The summed E-state index contributed by atoms with van der Waals surface area (Å²) in [5, 5.41) is 11.5. The van der Waals surface area contributed by atoms with E-state index in [-0.39, 0.29) is 27.2 Å². The molecule has 0 aliphatic heterocycles. The predicted octanol–water partition coefficient (Wildman–Crippen LogP) is 2.65. The fourth-order valence-corrected chi connectivity index (χ4v) is 3.95. The number of fused-ring (bicyclic) bond motifs is 1. The van der Waals surface area contributed by atoms with Crippen LogP contribution < -0.4 is 16.8 Å². The maximum atomic E-state index is 12.9. The summed E-state index contributed by atoms with van der Waals surface area (Å²) in [6.07, 6.45) is -0.720. The summed E-state index contributed by atoms with van der Waals surface area (Å²) in [6.45, 7) is 7.45. The van der Waals surface area contributed by atoms with Crippen LogP contribution in [0.3, 0.4) is 0 Å². The third-order valence-corrected chi connectivity index (χ3v) is 6.00. The second-order valence-electron chi connectivity index (χ2n) is 10.3. The summed E-state index contributed by atoms with van der Waals surface area (Å²) in [4.78, 5) is 37.4. The molecule has 3 amide bonds. The van der Waals surface area contributed by atoms with Crippen molar-refractivity contribution in [1.82, 2.24) is 24.8 Å². The Balaban J connectivity index is 0.00000560. The molecule has 0 aliphatic rings. The first-order valence-electron chi connectivity index (χ1n) is 12.6. The molecule has 0 radical (unpaired) electrons. The fraction of sp³-hybridized carbons (Fsp3) is 0.464. The first-order valence-corrected chi connectivity index (χ1v) is 12.6. The number of carbonyl (C=O) groups is 3. The van der Waals surface area contributed by atoms with Gasteiger partial charge in [-0.3, -0.25) is 14.0 Å². The number of nitrogens with zero attached hydrogens (tertiary/aromatic N) is 4. The summed E-state index contributed by atoms with van der Waals surface area (Å²) in [6, 6.07) is 12.6. The summed E-state index contributed by atoms with van der Waals surface area (Å²) < 4.78 is 13.2. The number of ether oxygens (including phenoxy) is 2. The van der Waals surface area contributed by atoms with E-state index in [1.807, 2.05) is 18.2 Å². The van der Waals surface area contributed by atoms with E-state index in [0.29, 0.717) is 29.7 Å². The standard InChI is InChI=1S/C27H37N7O5.CH4/c1-17(2)20-11-7-6-9-18(20)14-38-16-21(30-25(36)27(3,4)29)24-32-31-23-12-8-10-19(34(23)24)15-39-26(37)33(5)13-22(28)35;/h6-12,17,21H,13-16,29H2,1-5H3,(H2,28,35)(H,30,36);1H4/t21-;/m1./s1. The van der Waals surface area contributed by atoms with Crippen LogP contribution in [0.1, 0.15) is 69.7 Å². The molecule has 2 heterocycles. The normalized spacial score (nSPS) is 12.1. The number of nitrogens with two attached hydrogens (primary N) is 2. The van der Waals surface area contributed by atoms with Crippen molar-refractivity contribution < 1.29 is 23.9 Å². The molecule has 2 aromatic heterocycles. The highest BCUT2D eigenvalue weighted by molar-refractivity contribution is 5.85. The van der Waals surface area contributed by atoms with Gasteiger partial charge in [0.15, 0.2) is 11.5 Å². The van der Waals surface area contributed by atoms with Crippen molar-refractivity contribution in [3.63, 3.8) is 0 Å². The Morgan fingerprint density at radius 2 is 1.77 bits per heavy atom. The molecular weight excluding hydrogens is 514 g/mol. The van der Waals surface area contributed by atoms with Gasteiger partial charge in [0.2, 0.25) is 11.8 Å². The summed E-state index contributed by atoms with van der Waals surface area (Å²) in [7, 11) is 1.41. The lowest BCUT2D eigenvalue weighted by atomic mass is 9.98. The minimum absolute atomic E-state index is 0. The van der Waals surface area contributed by atoms with Gasteiger partial charge in [-0.2, -0.15) is 0 Å². The Labute approximate surface area is 235 Å². The average Bonchev–Trinajstić information content (AvgIpc) is 3.30. The van der Waals surface area contributed by atoms with Gasteiger partial charge in [0, 0.05) is 7.05 Å². The molecule has 0 aliphatic carbocycles. The fourth-order valence-electron chi connectivity index (χ4n) is 3.95. The lowest BCUT2D eigenvalue weighted by Crippen LogP contribution is -2.51. The molecule has 40 heavy (non-hydrogen) atoms. The number of hydrogen-bond acceptors (Lipinski definition) is 8. The average molecular weight is 556 g/mol. The van der Waals surface area contributed by atoms with E-state index >= 15 is 0 Å². The molecule has 12 heteroatoms. The zero-order chi connectivity index (χ0) is 28.7. The third-order valence-electron chi connectivity index (χ3n) is 6.00. The number of benzene rings is 1. The summed E-state index contributed by atoms with van der Waals surface area (Å²) in [5.41, 5.74) is 13.3. The molecule has 3 rings (SSSR count). The Kier molecular flexibility index (Phi) is 11.1. The van der Waals surface area contributed by atoms with Crippen molar-refractivity contribution in [1.29, 1.82) is 0 Å². The highest BCUT2D eigenvalue weighted by Gasteiger charge is 2.29. The number of carbonyl (C=O) groups excluding carboxylic acids is 3. The molecule has 0 saturated heterocycles. The molecule has 0 saturated carbocycles. The second-order valence-corrected chi connectivity index (χ2v) is 10.3. The Morgan fingerprint density at radius 3 is 2.42 bits per heavy atom. The minimum Gasteiger partial charge on any atom is -0.443 e. The zero-order valence-corrected chi connectivity index (χ0v) is 23.0. The van der Waals surface area contributed by atoms with Crippen molar-refractivity contribution in [2.75, 3.05) is 20.2 Å². The molecular formula is C28H41N7O5. The van der Waals surface area contributed by atoms with Crippen LogP contribution in [-0.4, -0.2) is 63.1 Å². The van der Waals surface area contributed by atoms with Gasteiger partial charge in [-0.05, 0) is 43.0 Å². The molecule has 0 bridgehead atoms. The van der Waals surface area contributed by atoms with E-state index in [0.717, 1.165) is 10.5 Å². The van der Waals surface area contributed by atoms with E-state index in [9.17, 15) is 14.4 Å². The smallest absolute Gasteiger partial charge is 0.410 e. The lowest BCUT2D eigenvalue weighted by molar-refractivity contribution is -0.126. The highest BCUT2D eigenvalue weighted by atomic mass is 16.6. The van der Waals surface area contributed by atoms with Gasteiger partial charge in [0.25, 0.3) is 0 Å². The van der Waals surface area contributed by atoms with E-state index in [1.165, 1.54) is 12.6 Å². The molecule has 12 nitrogen and oxygen atoms in total. The number of rotatable bonds is 12. The van der Waals surface area contributed by atoms with Crippen LogP contribution in [0, 0.1) is 0 Å². The van der Waals surface area contributed by atoms with E-state index in [4.69, 9.17) is 20.9 Å². The van der Waals surface area contributed by atoms with E-state index < -0.39 is 29.5 Å². The minimum atomic E-state index is -1.15. The van der Waals surface area contributed by atoms with Crippen LogP contribution in [0.4, 0.5) is 4.79 Å². The van der Waals surface area contributed by atoms with Crippen LogP contribution in [0.2, 0.25) is 0 Å². The van der Waals surface area contributed by atoms with Gasteiger partial charge in [0.1, 0.15) is 19.2 Å². The largest absolute Gasteiger partial charge is 0.443 e. The first kappa shape index (κ1) is 32.2. The topological polar surface area (TPSA) is 167 Å². The number of likely N-dealkylation sites (N-methyl/N-ethyl adjacent to an activating group) is 1. The molecule has 0 spiro atoms. The third kappa shape index (κ3) is 8.23. The van der Waals surface area contributed by atoms with Crippen molar-refractivity contribution in [3.8, 4) is 0 Å². The van der Waals surface area contributed by atoms with E-state index in [1.54, 1.807) is 36.4 Å². The zero-order valence-electron chi connectivity index (χ0n) is 23.0. The van der Waals surface area contributed by atoms with Crippen LogP contribution in [0.25, 0.3) is 5.65 Å². The number of nitrogens with one attached hydrogen (secondary N) is 1. The Hall–Kier alpha value is -4.03. The highest BCUT2D eigenvalue weighted by Crippen LogP contribution is 2.22. The maximum absolute atomic E-state index is 12.9.